The van der Waals surface area contributed by atoms with Crippen molar-refractivity contribution in [1.29, 1.82) is 0 Å². The first kappa shape index (κ1) is 12.0. The summed E-state index contributed by atoms with van der Waals surface area (Å²) in [6, 6.07) is 3.87. The highest BCUT2D eigenvalue weighted by Gasteiger charge is 1.99. The molecule has 90 valence electrons. The van der Waals surface area contributed by atoms with E-state index < -0.39 is 0 Å². The van der Waals surface area contributed by atoms with E-state index in [1.54, 1.807) is 12.4 Å². The summed E-state index contributed by atoms with van der Waals surface area (Å²) in [5.74, 6) is 2.29. The molecule has 0 aliphatic carbocycles. The van der Waals surface area contributed by atoms with Crippen molar-refractivity contribution in [1.82, 2.24) is 14.8 Å². The largest absolute Gasteiger partial charge is 0.382 e. The average molecular weight is 248 g/mol. The summed E-state index contributed by atoms with van der Waals surface area (Å²) < 4.78 is 1.84. The Kier molecular flexibility index (Phi) is 4.44. The molecule has 0 bridgehead atoms. The zero-order valence-electron chi connectivity index (χ0n) is 9.84. The Labute approximate surface area is 105 Å². The third kappa shape index (κ3) is 3.49. The van der Waals surface area contributed by atoms with Crippen LogP contribution in [-0.2, 0) is 0 Å². The summed E-state index contributed by atoms with van der Waals surface area (Å²) in [7, 11) is 0. The molecule has 0 atom stereocenters. The van der Waals surface area contributed by atoms with Gasteiger partial charge in [-0.15, -0.1) is 0 Å². The Bertz CT molecular complexity index is 441. The minimum atomic E-state index is 0.973. The van der Waals surface area contributed by atoms with Crippen molar-refractivity contribution < 1.29 is 0 Å². The summed E-state index contributed by atoms with van der Waals surface area (Å²) in [5.41, 5.74) is 2.08. The highest BCUT2D eigenvalue weighted by molar-refractivity contribution is 7.99. The minimum Gasteiger partial charge on any atom is -0.382 e. The van der Waals surface area contributed by atoms with E-state index in [4.69, 9.17) is 0 Å². The second-order valence-electron chi connectivity index (χ2n) is 3.50. The Balaban J connectivity index is 1.92. The first-order valence-electron chi connectivity index (χ1n) is 5.67. The third-order valence-electron chi connectivity index (χ3n) is 2.29. The molecule has 0 fully saturated rings. The van der Waals surface area contributed by atoms with Crippen molar-refractivity contribution in [3.63, 3.8) is 0 Å². The van der Waals surface area contributed by atoms with E-state index in [0.29, 0.717) is 0 Å². The Morgan fingerprint density at radius 1 is 1.35 bits per heavy atom. The first-order chi connectivity index (χ1) is 8.40. The smallest absolute Gasteiger partial charge is 0.0731 e. The van der Waals surface area contributed by atoms with Crippen molar-refractivity contribution in [2.45, 2.75) is 6.92 Å². The SMILES string of the molecule is CCSCCNc1cnn(-c2ccncc2)c1. The molecule has 0 radical (unpaired) electrons. The van der Waals surface area contributed by atoms with Gasteiger partial charge in [-0.1, -0.05) is 6.92 Å². The minimum absolute atomic E-state index is 0.973. The normalized spacial score (nSPS) is 10.4. The molecule has 2 heterocycles. The van der Waals surface area contributed by atoms with Crippen LogP contribution in [0.1, 0.15) is 6.92 Å². The molecule has 0 saturated carbocycles. The van der Waals surface area contributed by atoms with E-state index in [1.165, 1.54) is 0 Å². The number of nitrogens with zero attached hydrogens (tertiary/aromatic N) is 3. The number of nitrogens with one attached hydrogen (secondary N) is 1. The Hall–Kier alpha value is -1.49. The van der Waals surface area contributed by atoms with E-state index in [2.05, 4.69) is 22.3 Å². The lowest BCUT2D eigenvalue weighted by Crippen LogP contribution is -2.03. The van der Waals surface area contributed by atoms with Gasteiger partial charge in [0.2, 0.25) is 0 Å². The Morgan fingerprint density at radius 3 is 2.94 bits per heavy atom. The van der Waals surface area contributed by atoms with Crippen LogP contribution in [0.4, 0.5) is 5.69 Å². The molecule has 0 amide bonds. The molecule has 0 aliphatic heterocycles. The maximum atomic E-state index is 4.30. The van der Waals surface area contributed by atoms with Gasteiger partial charge >= 0.3 is 0 Å². The van der Waals surface area contributed by atoms with Gasteiger partial charge in [0, 0.05) is 24.7 Å². The summed E-state index contributed by atoms with van der Waals surface area (Å²) in [5, 5.41) is 7.65. The van der Waals surface area contributed by atoms with Gasteiger partial charge in [-0.25, -0.2) is 4.68 Å². The van der Waals surface area contributed by atoms with Gasteiger partial charge in [-0.2, -0.15) is 16.9 Å². The number of aromatic nitrogens is 3. The van der Waals surface area contributed by atoms with Crippen LogP contribution in [0.2, 0.25) is 0 Å². The second-order valence-corrected chi connectivity index (χ2v) is 4.90. The van der Waals surface area contributed by atoms with Gasteiger partial charge in [0.05, 0.1) is 23.8 Å². The van der Waals surface area contributed by atoms with Gasteiger partial charge in [-0.05, 0) is 17.9 Å². The third-order valence-corrected chi connectivity index (χ3v) is 3.19. The summed E-state index contributed by atoms with van der Waals surface area (Å²) in [4.78, 5) is 3.99. The lowest BCUT2D eigenvalue weighted by molar-refractivity contribution is 0.877. The van der Waals surface area contributed by atoms with Gasteiger partial charge in [0.1, 0.15) is 0 Å². The van der Waals surface area contributed by atoms with Crippen LogP contribution in [0.5, 0.6) is 0 Å². The molecule has 2 rings (SSSR count). The lowest BCUT2D eigenvalue weighted by atomic mass is 10.4. The zero-order valence-corrected chi connectivity index (χ0v) is 10.7. The van der Waals surface area contributed by atoms with Crippen LogP contribution in [0.15, 0.2) is 36.9 Å². The van der Waals surface area contributed by atoms with E-state index in [0.717, 1.165) is 29.4 Å². The van der Waals surface area contributed by atoms with Gasteiger partial charge in [0.15, 0.2) is 0 Å². The topological polar surface area (TPSA) is 42.7 Å². The molecule has 2 aromatic rings. The molecule has 5 heteroatoms. The maximum absolute atomic E-state index is 4.30. The molecule has 2 aromatic heterocycles. The molecule has 0 saturated heterocycles. The number of anilines is 1. The number of hydrogen-bond donors (Lipinski definition) is 1. The van der Waals surface area contributed by atoms with Crippen molar-refractivity contribution in [2.75, 3.05) is 23.4 Å². The predicted molar refractivity (Wildman–Crippen MR) is 72.8 cm³/mol. The molecule has 4 nitrogen and oxygen atoms in total. The molecule has 0 aromatic carbocycles. The van der Waals surface area contributed by atoms with E-state index in [1.807, 2.05) is 41.0 Å². The number of rotatable bonds is 6. The van der Waals surface area contributed by atoms with Crippen molar-refractivity contribution >= 4 is 17.4 Å². The van der Waals surface area contributed by atoms with Gasteiger partial charge in [0.25, 0.3) is 0 Å². The fourth-order valence-electron chi connectivity index (χ4n) is 1.46. The molecule has 17 heavy (non-hydrogen) atoms. The summed E-state index contributed by atoms with van der Waals surface area (Å²) in [6.45, 7) is 3.15. The molecular weight excluding hydrogens is 232 g/mol. The van der Waals surface area contributed by atoms with Crippen molar-refractivity contribution in [3.05, 3.63) is 36.9 Å². The first-order valence-corrected chi connectivity index (χ1v) is 6.82. The fourth-order valence-corrected chi connectivity index (χ4v) is 2.00. The number of hydrogen-bond acceptors (Lipinski definition) is 4. The standard InChI is InChI=1S/C12H16N4S/c1-2-17-8-7-14-11-9-15-16(10-11)12-3-5-13-6-4-12/h3-6,9-10,14H,2,7-8H2,1H3. The van der Waals surface area contributed by atoms with Crippen LogP contribution in [-0.4, -0.2) is 32.8 Å². The van der Waals surface area contributed by atoms with Crippen molar-refractivity contribution in [2.24, 2.45) is 0 Å². The van der Waals surface area contributed by atoms with Crippen LogP contribution in [0.3, 0.4) is 0 Å². The average Bonchev–Trinajstić information content (AvgIpc) is 2.85. The van der Waals surface area contributed by atoms with Crippen molar-refractivity contribution in [3.8, 4) is 5.69 Å². The quantitative estimate of drug-likeness (QED) is 0.797. The molecule has 0 unspecified atom stereocenters. The maximum Gasteiger partial charge on any atom is 0.0731 e. The summed E-state index contributed by atoms with van der Waals surface area (Å²) >= 11 is 1.93. The van der Waals surface area contributed by atoms with E-state index in [9.17, 15) is 0 Å². The molecule has 1 N–H and O–H groups in total. The van der Waals surface area contributed by atoms with Gasteiger partial charge < -0.3 is 5.32 Å². The van der Waals surface area contributed by atoms with Crippen LogP contribution in [0, 0.1) is 0 Å². The van der Waals surface area contributed by atoms with Crippen LogP contribution in [0.25, 0.3) is 5.69 Å². The molecular formula is C12H16N4S. The Morgan fingerprint density at radius 2 is 2.18 bits per heavy atom. The van der Waals surface area contributed by atoms with Crippen LogP contribution >= 0.6 is 11.8 Å². The van der Waals surface area contributed by atoms with E-state index in [-0.39, 0.29) is 0 Å². The molecule has 0 spiro atoms. The number of pyridine rings is 1. The summed E-state index contributed by atoms with van der Waals surface area (Å²) in [6.07, 6.45) is 7.37. The van der Waals surface area contributed by atoms with Crippen LogP contribution < -0.4 is 5.32 Å². The van der Waals surface area contributed by atoms with E-state index >= 15 is 0 Å². The monoisotopic (exact) mass is 248 g/mol. The predicted octanol–water partition coefficient (Wildman–Crippen LogP) is 2.43. The number of thioether (sulfide) groups is 1. The zero-order chi connectivity index (χ0) is 11.9. The highest BCUT2D eigenvalue weighted by Crippen LogP contribution is 2.10. The fraction of sp³-hybridized carbons (Fsp3) is 0.333. The lowest BCUT2D eigenvalue weighted by Gasteiger charge is -2.02. The molecule has 0 aliphatic rings. The second kappa shape index (κ2) is 6.30. The highest BCUT2D eigenvalue weighted by atomic mass is 32.2. The van der Waals surface area contributed by atoms with Gasteiger partial charge in [-0.3, -0.25) is 4.98 Å².